The standard InChI is InChI=1S/C18H18F3N3O/c19-13-2-1-3-14(20)17(13)18(25)24-8-6-23(7-9-24)11-12-4-5-16(22)15(21)10-12/h1-5,10H,6-9,11,22H2. The second-order valence-corrected chi connectivity index (χ2v) is 6.02. The van der Waals surface area contributed by atoms with Crippen molar-refractivity contribution in [3.05, 3.63) is 65.0 Å². The van der Waals surface area contributed by atoms with Crippen molar-refractivity contribution in [2.75, 3.05) is 31.9 Å². The van der Waals surface area contributed by atoms with Gasteiger partial charge in [-0.2, -0.15) is 0 Å². The van der Waals surface area contributed by atoms with Gasteiger partial charge in [0.25, 0.3) is 5.91 Å². The highest BCUT2D eigenvalue weighted by Crippen LogP contribution is 2.18. The van der Waals surface area contributed by atoms with Gasteiger partial charge < -0.3 is 10.6 Å². The smallest absolute Gasteiger partial charge is 0.259 e. The summed E-state index contributed by atoms with van der Waals surface area (Å²) in [6.45, 7) is 2.29. The van der Waals surface area contributed by atoms with E-state index < -0.39 is 28.9 Å². The van der Waals surface area contributed by atoms with Gasteiger partial charge in [-0.15, -0.1) is 0 Å². The van der Waals surface area contributed by atoms with Crippen LogP contribution in [0.1, 0.15) is 15.9 Å². The molecule has 1 fully saturated rings. The van der Waals surface area contributed by atoms with Crippen molar-refractivity contribution in [2.45, 2.75) is 6.54 Å². The van der Waals surface area contributed by atoms with Gasteiger partial charge in [-0.3, -0.25) is 9.69 Å². The molecule has 0 atom stereocenters. The fraction of sp³-hybridized carbons (Fsp3) is 0.278. The molecule has 7 heteroatoms. The Labute approximate surface area is 143 Å². The number of hydrogen-bond acceptors (Lipinski definition) is 3. The fourth-order valence-corrected chi connectivity index (χ4v) is 2.90. The zero-order valence-electron chi connectivity index (χ0n) is 13.5. The van der Waals surface area contributed by atoms with E-state index in [1.54, 1.807) is 6.07 Å². The number of nitrogens with two attached hydrogens (primary N) is 1. The van der Waals surface area contributed by atoms with E-state index in [9.17, 15) is 18.0 Å². The van der Waals surface area contributed by atoms with E-state index in [0.29, 0.717) is 32.7 Å². The topological polar surface area (TPSA) is 49.6 Å². The van der Waals surface area contributed by atoms with E-state index in [1.807, 2.05) is 4.90 Å². The first-order valence-electron chi connectivity index (χ1n) is 7.95. The molecular weight excluding hydrogens is 331 g/mol. The highest BCUT2D eigenvalue weighted by atomic mass is 19.1. The van der Waals surface area contributed by atoms with Gasteiger partial charge in [-0.05, 0) is 29.8 Å². The number of halogens is 3. The van der Waals surface area contributed by atoms with Crippen LogP contribution in [0.2, 0.25) is 0 Å². The van der Waals surface area contributed by atoms with Crippen LogP contribution >= 0.6 is 0 Å². The molecule has 0 spiro atoms. The van der Waals surface area contributed by atoms with Crippen LogP contribution in [-0.2, 0) is 6.54 Å². The second kappa shape index (κ2) is 7.14. The van der Waals surface area contributed by atoms with Crippen LogP contribution in [0.15, 0.2) is 36.4 Å². The van der Waals surface area contributed by atoms with Gasteiger partial charge in [0.2, 0.25) is 0 Å². The number of nitrogens with zero attached hydrogens (tertiary/aromatic N) is 2. The molecule has 0 aliphatic carbocycles. The molecule has 1 aliphatic rings. The number of rotatable bonds is 3. The molecule has 25 heavy (non-hydrogen) atoms. The van der Waals surface area contributed by atoms with E-state index in [-0.39, 0.29) is 5.69 Å². The van der Waals surface area contributed by atoms with E-state index in [0.717, 1.165) is 17.7 Å². The third kappa shape index (κ3) is 3.76. The number of benzene rings is 2. The molecule has 1 amide bonds. The molecular formula is C18H18F3N3O. The lowest BCUT2D eigenvalue weighted by Gasteiger charge is -2.34. The van der Waals surface area contributed by atoms with Crippen LogP contribution in [-0.4, -0.2) is 41.9 Å². The Morgan fingerprint density at radius 1 is 0.960 bits per heavy atom. The van der Waals surface area contributed by atoms with Gasteiger partial charge in [0.05, 0.1) is 5.69 Å². The molecule has 2 aromatic rings. The Kier molecular flexibility index (Phi) is 4.94. The van der Waals surface area contributed by atoms with Crippen molar-refractivity contribution < 1.29 is 18.0 Å². The number of carbonyl (C=O) groups is 1. The lowest BCUT2D eigenvalue weighted by atomic mass is 10.1. The first-order valence-corrected chi connectivity index (χ1v) is 7.95. The number of nitrogen functional groups attached to an aromatic ring is 1. The van der Waals surface area contributed by atoms with Crippen LogP contribution in [0.3, 0.4) is 0 Å². The summed E-state index contributed by atoms with van der Waals surface area (Å²) < 4.78 is 41.0. The summed E-state index contributed by atoms with van der Waals surface area (Å²) in [7, 11) is 0. The summed E-state index contributed by atoms with van der Waals surface area (Å²) in [5, 5.41) is 0. The molecule has 2 N–H and O–H groups in total. The number of anilines is 1. The largest absolute Gasteiger partial charge is 0.396 e. The molecule has 0 bridgehead atoms. The molecule has 0 unspecified atom stereocenters. The van der Waals surface area contributed by atoms with Crippen molar-refractivity contribution in [3.63, 3.8) is 0 Å². The Morgan fingerprint density at radius 2 is 1.60 bits per heavy atom. The number of carbonyl (C=O) groups excluding carboxylic acids is 1. The van der Waals surface area contributed by atoms with Gasteiger partial charge in [0, 0.05) is 32.7 Å². The molecule has 0 radical (unpaired) electrons. The van der Waals surface area contributed by atoms with E-state index in [2.05, 4.69) is 0 Å². The van der Waals surface area contributed by atoms with Crippen molar-refractivity contribution in [2.24, 2.45) is 0 Å². The van der Waals surface area contributed by atoms with Crippen LogP contribution in [0.5, 0.6) is 0 Å². The quantitative estimate of drug-likeness (QED) is 0.867. The molecule has 132 valence electrons. The number of hydrogen-bond donors (Lipinski definition) is 1. The maximum Gasteiger partial charge on any atom is 0.259 e. The number of piperazine rings is 1. The summed E-state index contributed by atoms with van der Waals surface area (Å²) in [6.07, 6.45) is 0. The number of amides is 1. The first-order chi connectivity index (χ1) is 12.0. The average molecular weight is 349 g/mol. The van der Waals surface area contributed by atoms with Gasteiger partial charge in [0.1, 0.15) is 23.0 Å². The SMILES string of the molecule is Nc1ccc(CN2CCN(C(=O)c3c(F)cccc3F)CC2)cc1F. The summed E-state index contributed by atoms with van der Waals surface area (Å²) in [4.78, 5) is 15.8. The molecule has 1 heterocycles. The highest BCUT2D eigenvalue weighted by Gasteiger charge is 2.26. The molecule has 4 nitrogen and oxygen atoms in total. The van der Waals surface area contributed by atoms with Crippen molar-refractivity contribution in [1.82, 2.24) is 9.80 Å². The third-order valence-electron chi connectivity index (χ3n) is 4.31. The van der Waals surface area contributed by atoms with E-state index in [4.69, 9.17) is 5.73 Å². The van der Waals surface area contributed by atoms with Crippen LogP contribution in [0.25, 0.3) is 0 Å². The lowest BCUT2D eigenvalue weighted by molar-refractivity contribution is 0.0619. The van der Waals surface area contributed by atoms with Crippen molar-refractivity contribution in [1.29, 1.82) is 0 Å². The zero-order chi connectivity index (χ0) is 18.0. The van der Waals surface area contributed by atoms with E-state index in [1.165, 1.54) is 23.1 Å². The van der Waals surface area contributed by atoms with Crippen molar-refractivity contribution >= 4 is 11.6 Å². The molecule has 2 aromatic carbocycles. The lowest BCUT2D eigenvalue weighted by Crippen LogP contribution is -2.48. The summed E-state index contributed by atoms with van der Waals surface area (Å²) in [5.74, 6) is -2.82. The van der Waals surface area contributed by atoms with Crippen molar-refractivity contribution in [3.8, 4) is 0 Å². The average Bonchev–Trinajstić information content (AvgIpc) is 2.58. The molecule has 1 saturated heterocycles. The van der Waals surface area contributed by atoms with Gasteiger partial charge in [-0.1, -0.05) is 12.1 Å². The zero-order valence-corrected chi connectivity index (χ0v) is 13.5. The van der Waals surface area contributed by atoms with E-state index >= 15 is 0 Å². The second-order valence-electron chi connectivity index (χ2n) is 6.02. The normalized spacial score (nSPS) is 15.4. The predicted molar refractivity (Wildman–Crippen MR) is 88.4 cm³/mol. The maximum absolute atomic E-state index is 13.7. The highest BCUT2D eigenvalue weighted by molar-refractivity contribution is 5.94. The minimum atomic E-state index is -0.857. The summed E-state index contributed by atoms with van der Waals surface area (Å²) >= 11 is 0. The first kappa shape index (κ1) is 17.3. The van der Waals surface area contributed by atoms with Crippen LogP contribution in [0.4, 0.5) is 18.9 Å². The minimum Gasteiger partial charge on any atom is -0.396 e. The third-order valence-corrected chi connectivity index (χ3v) is 4.31. The fourth-order valence-electron chi connectivity index (χ4n) is 2.90. The van der Waals surface area contributed by atoms with Gasteiger partial charge in [0.15, 0.2) is 0 Å². The molecule has 0 saturated carbocycles. The molecule has 1 aliphatic heterocycles. The summed E-state index contributed by atoms with van der Waals surface area (Å²) in [6, 6.07) is 8.03. The molecule has 3 rings (SSSR count). The van der Waals surface area contributed by atoms with Gasteiger partial charge in [-0.25, -0.2) is 13.2 Å². The Balaban J connectivity index is 1.61. The minimum absolute atomic E-state index is 0.103. The molecule has 0 aromatic heterocycles. The van der Waals surface area contributed by atoms with Crippen LogP contribution in [0, 0.1) is 17.5 Å². The van der Waals surface area contributed by atoms with Gasteiger partial charge >= 0.3 is 0 Å². The summed E-state index contributed by atoms with van der Waals surface area (Å²) in [5.41, 5.74) is 5.83. The Bertz CT molecular complexity index is 769. The maximum atomic E-state index is 13.7. The Hall–Kier alpha value is -2.54. The Morgan fingerprint density at radius 3 is 2.20 bits per heavy atom. The predicted octanol–water partition coefficient (Wildman–Crippen LogP) is 2.64. The van der Waals surface area contributed by atoms with Crippen LogP contribution < -0.4 is 5.73 Å². The monoisotopic (exact) mass is 349 g/mol.